The molecule has 2 aromatic heterocycles. The predicted molar refractivity (Wildman–Crippen MR) is 233 cm³/mol. The highest BCUT2D eigenvalue weighted by atomic mass is 15.0. The van der Waals surface area contributed by atoms with Crippen LogP contribution < -0.4 is 0 Å². The van der Waals surface area contributed by atoms with Gasteiger partial charge in [0.05, 0.1) is 16.7 Å². The molecule has 0 radical (unpaired) electrons. The van der Waals surface area contributed by atoms with E-state index in [-0.39, 0.29) is 0 Å². The monoisotopic (exact) mass is 698 g/mol. The third-order valence-corrected chi connectivity index (χ3v) is 11.2. The van der Waals surface area contributed by atoms with Crippen LogP contribution in [-0.2, 0) is 0 Å². The van der Waals surface area contributed by atoms with Crippen LogP contribution in [0.4, 0.5) is 0 Å². The second-order valence-corrected chi connectivity index (χ2v) is 14.3. The molecule has 0 atom stereocenters. The Labute approximate surface area is 319 Å². The van der Waals surface area contributed by atoms with E-state index in [1.165, 1.54) is 87.6 Å². The van der Waals surface area contributed by atoms with Crippen molar-refractivity contribution >= 4 is 54.1 Å². The maximum Gasteiger partial charge on any atom is 0.0702 e. The van der Waals surface area contributed by atoms with Crippen molar-refractivity contribution in [2.45, 2.75) is 0 Å². The van der Waals surface area contributed by atoms with E-state index in [1.807, 2.05) is 6.20 Å². The Morgan fingerprint density at radius 1 is 0.309 bits per heavy atom. The lowest BCUT2D eigenvalue weighted by Crippen LogP contribution is -1.93. The Balaban J connectivity index is 0.973. The van der Waals surface area contributed by atoms with Crippen LogP contribution in [0.15, 0.2) is 206 Å². The molecule has 0 aliphatic carbocycles. The molecule has 0 aliphatic heterocycles. The quantitative estimate of drug-likeness (QED) is 0.164. The smallest absolute Gasteiger partial charge is 0.0702 e. The summed E-state index contributed by atoms with van der Waals surface area (Å²) in [6, 6.07) is 72.4. The topological polar surface area (TPSA) is 17.8 Å². The van der Waals surface area contributed by atoms with E-state index in [0.717, 1.165) is 16.8 Å². The van der Waals surface area contributed by atoms with Gasteiger partial charge in [0.2, 0.25) is 0 Å². The normalized spacial score (nSPS) is 11.6. The molecule has 2 heterocycles. The highest BCUT2D eigenvalue weighted by Crippen LogP contribution is 2.44. The van der Waals surface area contributed by atoms with Gasteiger partial charge < -0.3 is 4.57 Å². The van der Waals surface area contributed by atoms with E-state index in [0.29, 0.717) is 0 Å². The molecule has 0 aliphatic rings. The van der Waals surface area contributed by atoms with E-state index in [9.17, 15) is 0 Å². The van der Waals surface area contributed by atoms with Crippen molar-refractivity contribution in [3.05, 3.63) is 206 Å². The molecule has 11 rings (SSSR count). The number of benzene rings is 9. The van der Waals surface area contributed by atoms with Gasteiger partial charge in [-0.3, -0.25) is 4.98 Å². The Morgan fingerprint density at radius 2 is 0.818 bits per heavy atom. The molecule has 0 saturated carbocycles. The first-order valence-corrected chi connectivity index (χ1v) is 18.9. The van der Waals surface area contributed by atoms with Crippen LogP contribution in [0, 0.1) is 0 Å². The summed E-state index contributed by atoms with van der Waals surface area (Å²) >= 11 is 0. The number of fused-ring (bicyclic) bond motifs is 6. The van der Waals surface area contributed by atoms with E-state index in [1.54, 1.807) is 0 Å². The molecule has 0 saturated heterocycles. The summed E-state index contributed by atoms with van der Waals surface area (Å²) < 4.78 is 2.39. The summed E-state index contributed by atoms with van der Waals surface area (Å²) in [4.78, 5) is 5.05. The first-order valence-electron chi connectivity index (χ1n) is 18.9. The van der Waals surface area contributed by atoms with Crippen molar-refractivity contribution in [3.8, 4) is 50.3 Å². The lowest BCUT2D eigenvalue weighted by atomic mass is 9.86. The number of rotatable bonds is 5. The summed E-state index contributed by atoms with van der Waals surface area (Å²) in [6.45, 7) is 0. The highest BCUT2D eigenvalue weighted by molar-refractivity contribution is 6.21. The van der Waals surface area contributed by atoms with Gasteiger partial charge in [0, 0.05) is 33.8 Å². The second kappa shape index (κ2) is 12.7. The first kappa shape index (κ1) is 31.3. The average molecular weight is 699 g/mol. The zero-order chi connectivity index (χ0) is 36.3. The summed E-state index contributed by atoms with van der Waals surface area (Å²) in [6.07, 6.45) is 2.04. The van der Waals surface area contributed by atoms with Gasteiger partial charge in [0.15, 0.2) is 0 Å². The maximum atomic E-state index is 5.05. The van der Waals surface area contributed by atoms with E-state index in [4.69, 9.17) is 4.98 Å². The number of hydrogen-bond acceptors (Lipinski definition) is 1. The van der Waals surface area contributed by atoms with Gasteiger partial charge in [0.25, 0.3) is 0 Å². The fourth-order valence-corrected chi connectivity index (χ4v) is 8.64. The fraction of sp³-hybridized carbons (Fsp3) is 0. The number of hydrogen-bond donors (Lipinski definition) is 0. The van der Waals surface area contributed by atoms with Crippen molar-refractivity contribution in [2.75, 3.05) is 0 Å². The van der Waals surface area contributed by atoms with Gasteiger partial charge in [-0.2, -0.15) is 0 Å². The van der Waals surface area contributed by atoms with Gasteiger partial charge in [-0.15, -0.1) is 0 Å². The number of pyridine rings is 1. The molecule has 2 nitrogen and oxygen atoms in total. The molecule has 0 amide bonds. The van der Waals surface area contributed by atoms with E-state index < -0.39 is 0 Å². The maximum absolute atomic E-state index is 5.05. The Morgan fingerprint density at radius 3 is 1.45 bits per heavy atom. The third-order valence-electron chi connectivity index (χ3n) is 11.2. The summed E-state index contributed by atoms with van der Waals surface area (Å²) in [5.74, 6) is 0. The summed E-state index contributed by atoms with van der Waals surface area (Å²) in [5.41, 5.74) is 12.8. The predicted octanol–water partition coefficient (Wildman–Crippen LogP) is 14.3. The van der Waals surface area contributed by atoms with Crippen molar-refractivity contribution in [3.63, 3.8) is 0 Å². The van der Waals surface area contributed by atoms with E-state index in [2.05, 4.69) is 205 Å². The van der Waals surface area contributed by atoms with Crippen LogP contribution in [0.1, 0.15) is 0 Å². The molecule has 0 bridgehead atoms. The van der Waals surface area contributed by atoms with Crippen LogP contribution in [-0.4, -0.2) is 9.55 Å². The van der Waals surface area contributed by atoms with Crippen LogP contribution in [0.3, 0.4) is 0 Å². The standard InChI is InChI=1S/C53H34N2/c1-3-13-37(14-4-1)52-43-19-9-11-21-45(43)53(46-22-12-10-20-44(46)52)41-27-29-49(54-34-41)36-25-23-35(24-26-36)40-28-30-50-47(32-40)48-31-38-15-7-8-16-39(38)33-51(48)55(50)42-17-5-2-6-18-42/h1-34H. The van der Waals surface area contributed by atoms with Crippen molar-refractivity contribution in [1.82, 2.24) is 9.55 Å². The van der Waals surface area contributed by atoms with Gasteiger partial charge in [0.1, 0.15) is 0 Å². The van der Waals surface area contributed by atoms with Crippen LogP contribution in [0.2, 0.25) is 0 Å². The second-order valence-electron chi connectivity index (χ2n) is 14.3. The molecule has 0 fully saturated rings. The molecule has 0 unspecified atom stereocenters. The Kier molecular flexibility index (Phi) is 7.21. The lowest BCUT2D eigenvalue weighted by Gasteiger charge is -2.17. The number of para-hydroxylation sites is 1. The molecule has 11 aromatic rings. The highest BCUT2D eigenvalue weighted by Gasteiger charge is 2.18. The van der Waals surface area contributed by atoms with Crippen molar-refractivity contribution in [2.24, 2.45) is 0 Å². The minimum absolute atomic E-state index is 0.957. The first-order chi connectivity index (χ1) is 27.3. The Bertz CT molecular complexity index is 3160. The van der Waals surface area contributed by atoms with Gasteiger partial charge in [-0.25, -0.2) is 0 Å². The van der Waals surface area contributed by atoms with Crippen LogP contribution in [0.5, 0.6) is 0 Å². The minimum Gasteiger partial charge on any atom is -0.309 e. The fourth-order valence-electron chi connectivity index (χ4n) is 8.64. The summed E-state index contributed by atoms with van der Waals surface area (Å²) in [7, 11) is 0. The minimum atomic E-state index is 0.957. The van der Waals surface area contributed by atoms with Gasteiger partial charge in [-0.1, -0.05) is 158 Å². The zero-order valence-corrected chi connectivity index (χ0v) is 30.0. The molecular weight excluding hydrogens is 665 g/mol. The molecule has 0 N–H and O–H groups in total. The van der Waals surface area contributed by atoms with Crippen molar-refractivity contribution < 1.29 is 0 Å². The van der Waals surface area contributed by atoms with E-state index >= 15 is 0 Å². The molecule has 55 heavy (non-hydrogen) atoms. The Hall–Kier alpha value is -7.29. The van der Waals surface area contributed by atoms with Crippen molar-refractivity contribution in [1.29, 1.82) is 0 Å². The molecule has 2 heteroatoms. The van der Waals surface area contributed by atoms with Gasteiger partial charge >= 0.3 is 0 Å². The molecule has 0 spiro atoms. The lowest BCUT2D eigenvalue weighted by molar-refractivity contribution is 1.18. The molecule has 9 aromatic carbocycles. The average Bonchev–Trinajstić information content (AvgIpc) is 3.57. The summed E-state index contributed by atoms with van der Waals surface area (Å²) in [5, 5.41) is 9.97. The van der Waals surface area contributed by atoms with Gasteiger partial charge in [-0.05, 0) is 103 Å². The number of nitrogens with zero attached hydrogens (tertiary/aromatic N) is 2. The third kappa shape index (κ3) is 5.15. The largest absolute Gasteiger partial charge is 0.309 e. The zero-order valence-electron chi connectivity index (χ0n) is 30.0. The SMILES string of the molecule is c1ccc(-c2c3ccccc3c(-c3ccc(-c4ccc(-c5ccc6c(c5)c5cc7ccccc7cc5n6-c5ccccc5)cc4)nc3)c3ccccc23)cc1. The molecule has 256 valence electrons. The number of aromatic nitrogens is 2. The van der Waals surface area contributed by atoms with Crippen LogP contribution in [0.25, 0.3) is 104 Å². The van der Waals surface area contributed by atoms with Crippen LogP contribution >= 0.6 is 0 Å². The molecular formula is C53H34N2.